The number of hydrogen-bond donors (Lipinski definition) is 3. The number of carboxylic acid groups (broad SMARTS) is 1. The number of aliphatic hydroxyl groups excluding tert-OH is 1. The Hall–Kier alpha value is -1.68. The van der Waals surface area contributed by atoms with E-state index in [1.807, 2.05) is 12.3 Å². The van der Waals surface area contributed by atoms with E-state index in [2.05, 4.69) is 25.2 Å². The van der Waals surface area contributed by atoms with Crippen molar-refractivity contribution in [1.29, 1.82) is 0 Å². The number of aromatic nitrogens is 1. The molecule has 0 unspecified atom stereocenters. The third kappa shape index (κ3) is 3.51. The van der Waals surface area contributed by atoms with Crippen molar-refractivity contribution in [2.45, 2.75) is 56.6 Å². The average Bonchev–Trinajstić information content (AvgIpc) is 3.24. The smallest absolute Gasteiger partial charge is 0.353 e. The van der Waals surface area contributed by atoms with E-state index in [1.54, 1.807) is 6.92 Å². The van der Waals surface area contributed by atoms with Crippen LogP contribution in [0.3, 0.4) is 0 Å². The van der Waals surface area contributed by atoms with E-state index in [0.29, 0.717) is 16.9 Å². The number of carbonyl (C=O) groups excluding carboxylic acids is 1. The van der Waals surface area contributed by atoms with Crippen LogP contribution in [0.15, 0.2) is 26.4 Å². The third-order valence-electron chi connectivity index (χ3n) is 6.19. The van der Waals surface area contributed by atoms with E-state index in [4.69, 9.17) is 4.98 Å². The Morgan fingerprint density at radius 3 is 2.77 bits per heavy atom. The van der Waals surface area contributed by atoms with Crippen molar-refractivity contribution in [2.75, 3.05) is 6.54 Å². The maximum atomic E-state index is 12.5. The Balaban J connectivity index is 1.59. The monoisotopic (exact) mass is 449 g/mol. The lowest BCUT2D eigenvalue weighted by Gasteiger charge is -2.46. The maximum Gasteiger partial charge on any atom is 0.353 e. The molecule has 3 N–H and O–H groups in total. The number of carbonyl (C=O) groups is 2. The van der Waals surface area contributed by atoms with Gasteiger partial charge in [-0.1, -0.05) is 38.6 Å². The summed E-state index contributed by atoms with van der Waals surface area (Å²) in [5.41, 5.74) is 2.20. The Morgan fingerprint density at radius 2 is 2.13 bits per heavy atom. The molecule has 1 aromatic heterocycles. The van der Waals surface area contributed by atoms with Crippen molar-refractivity contribution >= 4 is 40.5 Å². The van der Waals surface area contributed by atoms with Gasteiger partial charge >= 0.3 is 5.97 Å². The second-order valence-corrected chi connectivity index (χ2v) is 10.7. The minimum Gasteiger partial charge on any atom is -0.477 e. The van der Waals surface area contributed by atoms with E-state index in [9.17, 15) is 19.8 Å². The van der Waals surface area contributed by atoms with Crippen molar-refractivity contribution in [2.24, 2.45) is 17.8 Å². The summed E-state index contributed by atoms with van der Waals surface area (Å²) in [5.74, 6) is -1.63. The second-order valence-electron chi connectivity index (χ2n) is 8.54. The number of thiazole rings is 1. The lowest BCUT2D eigenvalue weighted by atomic mass is 9.79. The van der Waals surface area contributed by atoms with Gasteiger partial charge in [0.05, 0.1) is 23.8 Å². The van der Waals surface area contributed by atoms with Gasteiger partial charge in [-0.25, -0.2) is 9.78 Å². The SMILES string of the molecule is CC(C)[C@H]1C=C(c2csc(SC3=C(C(=O)O)N4C(=O)[C@H]([C@@H](C)O)[C@H]4[C@H]3C)n2)CCN1. The van der Waals surface area contributed by atoms with Crippen LogP contribution < -0.4 is 5.32 Å². The molecule has 0 saturated carbocycles. The molecule has 7 nitrogen and oxygen atoms in total. The highest BCUT2D eigenvalue weighted by molar-refractivity contribution is 8.04. The molecule has 4 rings (SSSR count). The van der Waals surface area contributed by atoms with Crippen molar-refractivity contribution in [3.8, 4) is 0 Å². The van der Waals surface area contributed by atoms with E-state index in [0.717, 1.165) is 23.0 Å². The highest BCUT2D eigenvalue weighted by atomic mass is 32.2. The van der Waals surface area contributed by atoms with Crippen LogP contribution in [0.1, 0.15) is 39.8 Å². The van der Waals surface area contributed by atoms with E-state index >= 15 is 0 Å². The van der Waals surface area contributed by atoms with E-state index in [1.165, 1.54) is 33.6 Å². The molecule has 1 fully saturated rings. The molecule has 1 amide bonds. The normalized spacial score (nSPS) is 29.7. The summed E-state index contributed by atoms with van der Waals surface area (Å²) in [6.07, 6.45) is 2.36. The zero-order chi connectivity index (χ0) is 21.7. The fourth-order valence-electron chi connectivity index (χ4n) is 4.58. The van der Waals surface area contributed by atoms with Crippen LogP contribution in [-0.4, -0.2) is 56.7 Å². The van der Waals surface area contributed by atoms with Gasteiger partial charge in [0.15, 0.2) is 4.34 Å². The number of nitrogens with zero attached hydrogens (tertiary/aromatic N) is 2. The molecular weight excluding hydrogens is 422 g/mol. The van der Waals surface area contributed by atoms with Gasteiger partial charge in [-0.05, 0) is 31.4 Å². The first kappa shape index (κ1) is 21.5. The molecule has 0 radical (unpaired) electrons. The fourth-order valence-corrected chi connectivity index (χ4v) is 6.69. The number of β-lactam (4-membered cyclic amide) rings is 1. The van der Waals surface area contributed by atoms with Crippen molar-refractivity contribution in [3.05, 3.63) is 27.8 Å². The molecule has 162 valence electrons. The van der Waals surface area contributed by atoms with Crippen LogP contribution >= 0.6 is 23.1 Å². The van der Waals surface area contributed by atoms with Crippen LogP contribution in [0.2, 0.25) is 0 Å². The van der Waals surface area contributed by atoms with Gasteiger partial charge in [0.25, 0.3) is 0 Å². The Labute approximate surface area is 184 Å². The first-order chi connectivity index (χ1) is 14.2. The molecular formula is C21H27N3O4S2. The van der Waals surface area contributed by atoms with Crippen LogP contribution in [0.25, 0.3) is 5.57 Å². The fraction of sp³-hybridized carbons (Fsp3) is 0.571. The molecule has 3 aliphatic rings. The molecule has 0 spiro atoms. The number of rotatable bonds is 6. The van der Waals surface area contributed by atoms with Gasteiger partial charge in [-0.15, -0.1) is 11.3 Å². The van der Waals surface area contributed by atoms with Crippen LogP contribution in [0, 0.1) is 17.8 Å². The average molecular weight is 450 g/mol. The molecule has 5 atom stereocenters. The number of carboxylic acids is 1. The Morgan fingerprint density at radius 1 is 1.40 bits per heavy atom. The highest BCUT2D eigenvalue weighted by Crippen LogP contribution is 2.52. The summed E-state index contributed by atoms with van der Waals surface area (Å²) in [6, 6.07) is 0.0269. The predicted octanol–water partition coefficient (Wildman–Crippen LogP) is 2.79. The van der Waals surface area contributed by atoms with Crippen molar-refractivity contribution in [1.82, 2.24) is 15.2 Å². The van der Waals surface area contributed by atoms with E-state index < -0.39 is 18.0 Å². The standard InChI is InChI=1S/C21H27N3O4S2/c1-9(2)13-7-12(5-6-22-13)14-8-29-21(23-14)30-18-10(3)16-15(11(4)25)19(26)24(16)17(18)20(27)28/h7-11,13,15-16,22,25H,5-6H2,1-4H3,(H,27,28)/t10-,11-,13-,15-,16-/m1/s1. The van der Waals surface area contributed by atoms with Crippen LogP contribution in [0.5, 0.6) is 0 Å². The number of amides is 1. The molecule has 1 saturated heterocycles. The van der Waals surface area contributed by atoms with Crippen LogP contribution in [0.4, 0.5) is 0 Å². The maximum absolute atomic E-state index is 12.5. The molecule has 0 aliphatic carbocycles. The molecule has 9 heteroatoms. The summed E-state index contributed by atoms with van der Waals surface area (Å²) >= 11 is 2.84. The van der Waals surface area contributed by atoms with Crippen LogP contribution in [-0.2, 0) is 9.59 Å². The van der Waals surface area contributed by atoms with Gasteiger partial charge < -0.3 is 20.4 Å². The molecule has 4 heterocycles. The minimum atomic E-state index is -1.11. The first-order valence-electron chi connectivity index (χ1n) is 10.3. The molecule has 3 aliphatic heterocycles. The number of hydrogen-bond acceptors (Lipinski definition) is 7. The van der Waals surface area contributed by atoms with Crippen molar-refractivity contribution < 1.29 is 19.8 Å². The topological polar surface area (TPSA) is 103 Å². The number of fused-ring (bicyclic) bond motifs is 1. The predicted molar refractivity (Wildman–Crippen MR) is 117 cm³/mol. The number of aliphatic hydroxyl groups is 1. The summed E-state index contributed by atoms with van der Waals surface area (Å²) in [5, 5.41) is 25.3. The summed E-state index contributed by atoms with van der Waals surface area (Å²) in [6.45, 7) is 8.80. The molecule has 0 bridgehead atoms. The number of aliphatic carboxylic acids is 1. The minimum absolute atomic E-state index is 0.0390. The summed E-state index contributed by atoms with van der Waals surface area (Å²) in [4.78, 5) is 31.2. The zero-order valence-corrected chi connectivity index (χ0v) is 19.1. The molecule has 1 aromatic rings. The molecule has 30 heavy (non-hydrogen) atoms. The third-order valence-corrected chi connectivity index (χ3v) is 8.42. The lowest BCUT2D eigenvalue weighted by Crippen LogP contribution is -2.63. The van der Waals surface area contributed by atoms with Gasteiger partial charge in [0.1, 0.15) is 5.70 Å². The Kier molecular flexibility index (Phi) is 5.82. The van der Waals surface area contributed by atoms with E-state index in [-0.39, 0.29) is 23.6 Å². The van der Waals surface area contributed by atoms with Gasteiger partial charge in [-0.3, -0.25) is 4.79 Å². The van der Waals surface area contributed by atoms with Gasteiger partial charge in [0.2, 0.25) is 5.91 Å². The first-order valence-corrected chi connectivity index (χ1v) is 12.0. The molecule has 0 aromatic carbocycles. The van der Waals surface area contributed by atoms with Gasteiger partial charge in [0, 0.05) is 22.2 Å². The summed E-state index contributed by atoms with van der Waals surface area (Å²) in [7, 11) is 0. The zero-order valence-electron chi connectivity index (χ0n) is 17.5. The number of thioether (sulfide) groups is 1. The Bertz CT molecular complexity index is 936. The lowest BCUT2D eigenvalue weighted by molar-refractivity contribution is -0.163. The van der Waals surface area contributed by atoms with Gasteiger partial charge in [-0.2, -0.15) is 0 Å². The highest BCUT2D eigenvalue weighted by Gasteiger charge is 2.60. The van der Waals surface area contributed by atoms with Crippen molar-refractivity contribution in [3.63, 3.8) is 0 Å². The quantitative estimate of drug-likeness (QED) is 0.574. The largest absolute Gasteiger partial charge is 0.477 e. The number of nitrogens with one attached hydrogen (secondary N) is 1. The second kappa shape index (κ2) is 8.11. The summed E-state index contributed by atoms with van der Waals surface area (Å²) < 4.78 is 0.773.